The standard InChI is InChI=1S/C23H26N2O4/c1-17(12-13-19-10-6-7-11-20(19)21(26)24-2)23(28)15-25(16-23)22(27)29-14-18-8-4-3-5-9-18/h3-13,17,28H,14-16H2,1-2H3,(H,24,26)/b13-12+. The summed E-state index contributed by atoms with van der Waals surface area (Å²) < 4.78 is 5.30. The summed E-state index contributed by atoms with van der Waals surface area (Å²) in [7, 11) is 1.59. The number of benzene rings is 2. The van der Waals surface area contributed by atoms with E-state index in [1.54, 1.807) is 13.1 Å². The first kappa shape index (κ1) is 20.6. The molecule has 1 saturated heterocycles. The summed E-state index contributed by atoms with van der Waals surface area (Å²) in [5, 5.41) is 13.4. The van der Waals surface area contributed by atoms with Gasteiger partial charge in [-0.05, 0) is 17.2 Å². The Kier molecular flexibility index (Phi) is 6.34. The number of hydrogen-bond donors (Lipinski definition) is 2. The van der Waals surface area contributed by atoms with Gasteiger partial charge in [-0.2, -0.15) is 0 Å². The zero-order chi connectivity index (χ0) is 20.9. The number of ether oxygens (including phenoxy) is 1. The average Bonchev–Trinajstić information content (AvgIpc) is 2.73. The number of nitrogens with one attached hydrogen (secondary N) is 1. The Morgan fingerprint density at radius 1 is 1.17 bits per heavy atom. The van der Waals surface area contributed by atoms with Crippen molar-refractivity contribution in [3.8, 4) is 0 Å². The van der Waals surface area contributed by atoms with Crippen LogP contribution in [-0.2, 0) is 11.3 Å². The number of carbonyl (C=O) groups excluding carboxylic acids is 2. The molecule has 1 aliphatic heterocycles. The Morgan fingerprint density at radius 2 is 1.83 bits per heavy atom. The lowest BCUT2D eigenvalue weighted by Crippen LogP contribution is -2.66. The Hall–Kier alpha value is -3.12. The second kappa shape index (κ2) is 8.92. The van der Waals surface area contributed by atoms with Crippen molar-refractivity contribution in [3.63, 3.8) is 0 Å². The van der Waals surface area contributed by atoms with Gasteiger partial charge in [-0.1, -0.05) is 67.6 Å². The highest BCUT2D eigenvalue weighted by Crippen LogP contribution is 2.31. The minimum atomic E-state index is -1.01. The lowest BCUT2D eigenvalue weighted by Gasteiger charge is -2.48. The van der Waals surface area contributed by atoms with Crippen LogP contribution >= 0.6 is 0 Å². The van der Waals surface area contributed by atoms with Gasteiger partial charge in [0.25, 0.3) is 5.91 Å². The summed E-state index contributed by atoms with van der Waals surface area (Å²) in [5.74, 6) is -0.356. The van der Waals surface area contributed by atoms with E-state index in [1.165, 1.54) is 4.90 Å². The predicted molar refractivity (Wildman–Crippen MR) is 111 cm³/mol. The van der Waals surface area contributed by atoms with Gasteiger partial charge in [0.1, 0.15) is 12.2 Å². The van der Waals surface area contributed by atoms with Crippen molar-refractivity contribution in [3.05, 3.63) is 77.4 Å². The SMILES string of the molecule is CNC(=O)c1ccccc1/C=C/C(C)C1(O)CN(C(=O)OCc2ccccc2)C1. The third-order valence-electron chi connectivity index (χ3n) is 5.24. The lowest BCUT2D eigenvalue weighted by molar-refractivity contribution is -0.111. The van der Waals surface area contributed by atoms with E-state index in [1.807, 2.05) is 67.6 Å². The van der Waals surface area contributed by atoms with E-state index >= 15 is 0 Å². The normalized spacial score (nSPS) is 16.2. The molecule has 1 heterocycles. The molecule has 2 aromatic rings. The lowest BCUT2D eigenvalue weighted by atomic mass is 9.81. The number of aliphatic hydroxyl groups is 1. The van der Waals surface area contributed by atoms with Crippen LogP contribution in [0.15, 0.2) is 60.7 Å². The summed E-state index contributed by atoms with van der Waals surface area (Å²) in [6, 6.07) is 16.7. The first-order valence-corrected chi connectivity index (χ1v) is 9.60. The Morgan fingerprint density at radius 3 is 2.52 bits per heavy atom. The highest BCUT2D eigenvalue weighted by molar-refractivity contribution is 5.97. The maximum Gasteiger partial charge on any atom is 0.410 e. The predicted octanol–water partition coefficient (Wildman–Crippen LogP) is 3.08. The van der Waals surface area contributed by atoms with E-state index < -0.39 is 11.7 Å². The van der Waals surface area contributed by atoms with E-state index in [0.29, 0.717) is 5.56 Å². The molecule has 2 N–H and O–H groups in total. The molecule has 3 rings (SSSR count). The van der Waals surface area contributed by atoms with Crippen LogP contribution in [-0.4, -0.2) is 47.7 Å². The largest absolute Gasteiger partial charge is 0.445 e. The van der Waals surface area contributed by atoms with Crippen molar-refractivity contribution >= 4 is 18.1 Å². The fourth-order valence-corrected chi connectivity index (χ4v) is 3.25. The van der Waals surface area contributed by atoms with Crippen LogP contribution < -0.4 is 5.32 Å². The number of hydrogen-bond acceptors (Lipinski definition) is 4. The Bertz CT molecular complexity index is 889. The molecule has 2 aromatic carbocycles. The summed E-state index contributed by atoms with van der Waals surface area (Å²) in [5.41, 5.74) is 1.26. The monoisotopic (exact) mass is 394 g/mol. The first-order chi connectivity index (χ1) is 13.9. The summed E-state index contributed by atoms with van der Waals surface area (Å²) in [4.78, 5) is 25.6. The Balaban J connectivity index is 1.55. The molecule has 29 heavy (non-hydrogen) atoms. The highest BCUT2D eigenvalue weighted by Gasteiger charge is 2.47. The summed E-state index contributed by atoms with van der Waals surface area (Å²) in [6.07, 6.45) is 3.28. The van der Waals surface area contributed by atoms with Gasteiger partial charge in [0, 0.05) is 18.5 Å². The van der Waals surface area contributed by atoms with Gasteiger partial charge in [0.2, 0.25) is 0 Å². The molecule has 0 radical (unpaired) electrons. The second-order valence-corrected chi connectivity index (χ2v) is 7.31. The third-order valence-corrected chi connectivity index (χ3v) is 5.24. The van der Waals surface area contributed by atoms with Crippen molar-refractivity contribution in [2.24, 2.45) is 5.92 Å². The molecular formula is C23H26N2O4. The van der Waals surface area contributed by atoms with Crippen LogP contribution in [0.3, 0.4) is 0 Å². The second-order valence-electron chi connectivity index (χ2n) is 7.31. The van der Waals surface area contributed by atoms with Gasteiger partial charge in [-0.3, -0.25) is 4.79 Å². The van der Waals surface area contributed by atoms with Gasteiger partial charge >= 0.3 is 6.09 Å². The molecular weight excluding hydrogens is 368 g/mol. The number of likely N-dealkylation sites (tertiary alicyclic amines) is 1. The molecule has 1 fully saturated rings. The van der Waals surface area contributed by atoms with Crippen LogP contribution in [0.2, 0.25) is 0 Å². The number of rotatable bonds is 6. The number of carbonyl (C=O) groups is 2. The molecule has 152 valence electrons. The van der Waals surface area contributed by atoms with Crippen LogP contribution in [0.1, 0.15) is 28.4 Å². The third kappa shape index (κ3) is 4.84. The minimum absolute atomic E-state index is 0.160. The fraction of sp³-hybridized carbons (Fsp3) is 0.304. The quantitative estimate of drug-likeness (QED) is 0.789. The molecule has 1 atom stereocenters. The van der Waals surface area contributed by atoms with Crippen molar-refractivity contribution < 1.29 is 19.4 Å². The summed E-state index contributed by atoms with van der Waals surface area (Å²) in [6.45, 7) is 2.53. The van der Waals surface area contributed by atoms with E-state index in [9.17, 15) is 14.7 Å². The molecule has 0 spiro atoms. The number of nitrogens with zero attached hydrogens (tertiary/aromatic N) is 1. The van der Waals surface area contributed by atoms with Crippen LogP contribution in [0.25, 0.3) is 6.08 Å². The molecule has 1 unspecified atom stereocenters. The van der Waals surface area contributed by atoms with E-state index in [-0.39, 0.29) is 31.5 Å². The highest BCUT2D eigenvalue weighted by atomic mass is 16.6. The minimum Gasteiger partial charge on any atom is -0.445 e. The molecule has 1 aliphatic rings. The zero-order valence-electron chi connectivity index (χ0n) is 16.7. The van der Waals surface area contributed by atoms with Gasteiger partial charge in [0.05, 0.1) is 13.1 Å². The van der Waals surface area contributed by atoms with Gasteiger partial charge in [-0.25, -0.2) is 4.79 Å². The Labute approximate surface area is 170 Å². The van der Waals surface area contributed by atoms with Crippen LogP contribution in [0.4, 0.5) is 4.79 Å². The molecule has 2 amide bonds. The van der Waals surface area contributed by atoms with Crippen LogP contribution in [0.5, 0.6) is 0 Å². The fourth-order valence-electron chi connectivity index (χ4n) is 3.25. The summed E-state index contributed by atoms with van der Waals surface area (Å²) >= 11 is 0. The molecule has 0 aromatic heterocycles. The maximum atomic E-state index is 12.2. The van der Waals surface area contributed by atoms with Gasteiger partial charge in [-0.15, -0.1) is 0 Å². The van der Waals surface area contributed by atoms with E-state index in [2.05, 4.69) is 5.32 Å². The smallest absolute Gasteiger partial charge is 0.410 e. The van der Waals surface area contributed by atoms with Gasteiger partial charge in [0.15, 0.2) is 0 Å². The molecule has 0 saturated carbocycles. The average molecular weight is 394 g/mol. The van der Waals surface area contributed by atoms with Crippen molar-refractivity contribution in [1.29, 1.82) is 0 Å². The molecule has 6 heteroatoms. The molecule has 6 nitrogen and oxygen atoms in total. The molecule has 0 aliphatic carbocycles. The van der Waals surface area contributed by atoms with Crippen molar-refractivity contribution in [2.45, 2.75) is 19.1 Å². The molecule has 0 bridgehead atoms. The maximum absolute atomic E-state index is 12.2. The number of amides is 2. The zero-order valence-corrected chi connectivity index (χ0v) is 16.7. The topological polar surface area (TPSA) is 78.9 Å². The van der Waals surface area contributed by atoms with Crippen LogP contribution in [0, 0.1) is 5.92 Å². The van der Waals surface area contributed by atoms with E-state index in [4.69, 9.17) is 4.74 Å². The number of β-amino-alcohol motifs (C(OH)–C–C–N with tert-alkyl or cyclic N) is 1. The van der Waals surface area contributed by atoms with Gasteiger partial charge < -0.3 is 20.1 Å². The van der Waals surface area contributed by atoms with E-state index in [0.717, 1.165) is 11.1 Å². The van der Waals surface area contributed by atoms with Crippen molar-refractivity contribution in [1.82, 2.24) is 10.2 Å². The van der Waals surface area contributed by atoms with Crippen molar-refractivity contribution in [2.75, 3.05) is 20.1 Å². The first-order valence-electron chi connectivity index (χ1n) is 9.60.